The summed E-state index contributed by atoms with van der Waals surface area (Å²) < 4.78 is 0. The van der Waals surface area contributed by atoms with Crippen molar-refractivity contribution in [2.24, 2.45) is 0 Å². The fourth-order valence-corrected chi connectivity index (χ4v) is 1.79. The van der Waals surface area contributed by atoms with Crippen molar-refractivity contribution in [1.29, 1.82) is 0 Å². The molecule has 0 aliphatic heterocycles. The SMILES string of the molecule is CCN(CC)CC(O)CNCCCCN(C)C. The summed E-state index contributed by atoms with van der Waals surface area (Å²) in [5.41, 5.74) is 0. The van der Waals surface area contributed by atoms with Crippen LogP contribution in [0.4, 0.5) is 0 Å². The predicted octanol–water partition coefficient (Wildman–Crippen LogP) is 0.621. The molecule has 0 aliphatic rings. The molecule has 0 spiro atoms. The highest BCUT2D eigenvalue weighted by Gasteiger charge is 2.07. The fourth-order valence-electron chi connectivity index (χ4n) is 1.79. The molecule has 0 amide bonds. The van der Waals surface area contributed by atoms with E-state index in [-0.39, 0.29) is 6.10 Å². The van der Waals surface area contributed by atoms with Crippen LogP contribution in [0.15, 0.2) is 0 Å². The number of unbranched alkanes of at least 4 members (excludes halogenated alkanes) is 1. The molecule has 104 valence electrons. The van der Waals surface area contributed by atoms with E-state index in [1.54, 1.807) is 0 Å². The van der Waals surface area contributed by atoms with Gasteiger partial charge in [0.1, 0.15) is 0 Å². The Morgan fingerprint density at radius 1 is 1.12 bits per heavy atom. The molecular formula is C13H31N3O. The van der Waals surface area contributed by atoms with E-state index in [2.05, 4.69) is 43.1 Å². The third-order valence-electron chi connectivity index (χ3n) is 2.95. The summed E-state index contributed by atoms with van der Waals surface area (Å²) in [5, 5.41) is 13.1. The number of hydrogen-bond donors (Lipinski definition) is 2. The van der Waals surface area contributed by atoms with Crippen molar-refractivity contribution in [3.8, 4) is 0 Å². The quantitative estimate of drug-likeness (QED) is 0.524. The van der Waals surface area contributed by atoms with Gasteiger partial charge in [-0.25, -0.2) is 0 Å². The van der Waals surface area contributed by atoms with E-state index in [9.17, 15) is 5.11 Å². The smallest absolute Gasteiger partial charge is 0.0791 e. The van der Waals surface area contributed by atoms with E-state index in [4.69, 9.17) is 0 Å². The molecule has 0 radical (unpaired) electrons. The van der Waals surface area contributed by atoms with Gasteiger partial charge in [0.05, 0.1) is 6.10 Å². The third kappa shape index (κ3) is 10.7. The van der Waals surface area contributed by atoms with Crippen LogP contribution in [0.3, 0.4) is 0 Å². The Morgan fingerprint density at radius 2 is 1.76 bits per heavy atom. The maximum atomic E-state index is 9.81. The second-order valence-electron chi connectivity index (χ2n) is 4.85. The zero-order chi connectivity index (χ0) is 13.1. The zero-order valence-corrected chi connectivity index (χ0v) is 12.1. The van der Waals surface area contributed by atoms with Crippen LogP contribution in [0.1, 0.15) is 26.7 Å². The van der Waals surface area contributed by atoms with Crippen LogP contribution in [-0.2, 0) is 0 Å². The Labute approximate surface area is 107 Å². The van der Waals surface area contributed by atoms with Crippen LogP contribution in [0.5, 0.6) is 0 Å². The normalized spacial score (nSPS) is 13.6. The van der Waals surface area contributed by atoms with Crippen LogP contribution < -0.4 is 5.32 Å². The molecule has 17 heavy (non-hydrogen) atoms. The van der Waals surface area contributed by atoms with Gasteiger partial charge in [0, 0.05) is 13.1 Å². The fraction of sp³-hybridized carbons (Fsp3) is 1.00. The highest BCUT2D eigenvalue weighted by molar-refractivity contribution is 4.65. The first-order valence-electron chi connectivity index (χ1n) is 6.86. The lowest BCUT2D eigenvalue weighted by molar-refractivity contribution is 0.117. The number of nitrogens with one attached hydrogen (secondary N) is 1. The Kier molecular flexibility index (Phi) is 10.9. The van der Waals surface area contributed by atoms with Crippen molar-refractivity contribution in [2.75, 3.05) is 53.4 Å². The summed E-state index contributed by atoms with van der Waals surface area (Å²) >= 11 is 0. The summed E-state index contributed by atoms with van der Waals surface area (Å²) in [5.74, 6) is 0. The monoisotopic (exact) mass is 245 g/mol. The van der Waals surface area contributed by atoms with E-state index in [1.807, 2.05) is 0 Å². The molecule has 0 saturated carbocycles. The van der Waals surface area contributed by atoms with Gasteiger partial charge >= 0.3 is 0 Å². The molecule has 2 N–H and O–H groups in total. The van der Waals surface area contributed by atoms with Crippen molar-refractivity contribution in [3.63, 3.8) is 0 Å². The molecule has 0 aromatic heterocycles. The summed E-state index contributed by atoms with van der Waals surface area (Å²) in [4.78, 5) is 4.45. The van der Waals surface area contributed by atoms with Crippen LogP contribution >= 0.6 is 0 Å². The van der Waals surface area contributed by atoms with E-state index in [1.165, 1.54) is 12.8 Å². The van der Waals surface area contributed by atoms with Gasteiger partial charge in [0.2, 0.25) is 0 Å². The molecule has 4 heteroatoms. The lowest BCUT2D eigenvalue weighted by atomic mass is 10.2. The van der Waals surface area contributed by atoms with Gasteiger partial charge in [-0.3, -0.25) is 0 Å². The molecule has 0 rings (SSSR count). The summed E-state index contributed by atoms with van der Waals surface area (Å²) in [6, 6.07) is 0. The number of aliphatic hydroxyl groups excluding tert-OH is 1. The highest BCUT2D eigenvalue weighted by atomic mass is 16.3. The van der Waals surface area contributed by atoms with Crippen molar-refractivity contribution < 1.29 is 5.11 Å². The molecule has 1 atom stereocenters. The maximum Gasteiger partial charge on any atom is 0.0791 e. The van der Waals surface area contributed by atoms with Crippen molar-refractivity contribution >= 4 is 0 Å². The van der Waals surface area contributed by atoms with Gasteiger partial charge in [0.15, 0.2) is 0 Å². The van der Waals surface area contributed by atoms with Crippen molar-refractivity contribution in [2.45, 2.75) is 32.8 Å². The second-order valence-corrected chi connectivity index (χ2v) is 4.85. The van der Waals surface area contributed by atoms with E-state index < -0.39 is 0 Å². The first-order valence-corrected chi connectivity index (χ1v) is 6.86. The molecule has 0 aromatic carbocycles. The lowest BCUT2D eigenvalue weighted by Crippen LogP contribution is -2.38. The van der Waals surface area contributed by atoms with Crippen LogP contribution in [0, 0.1) is 0 Å². The Balaban J connectivity index is 3.35. The number of likely N-dealkylation sites (N-methyl/N-ethyl adjacent to an activating group) is 1. The largest absolute Gasteiger partial charge is 0.390 e. The molecule has 0 fully saturated rings. The topological polar surface area (TPSA) is 38.7 Å². The minimum absolute atomic E-state index is 0.247. The average Bonchev–Trinajstić information content (AvgIpc) is 2.30. The summed E-state index contributed by atoms with van der Waals surface area (Å²) in [6.07, 6.45) is 2.14. The molecule has 0 bridgehead atoms. The van der Waals surface area contributed by atoms with Gasteiger partial charge in [-0.15, -0.1) is 0 Å². The maximum absolute atomic E-state index is 9.81. The number of nitrogens with zero attached hydrogens (tertiary/aromatic N) is 2. The first kappa shape index (κ1) is 16.8. The van der Waals surface area contributed by atoms with E-state index >= 15 is 0 Å². The third-order valence-corrected chi connectivity index (χ3v) is 2.95. The van der Waals surface area contributed by atoms with Crippen LogP contribution in [0.25, 0.3) is 0 Å². The van der Waals surface area contributed by atoms with Gasteiger partial charge in [-0.1, -0.05) is 13.8 Å². The predicted molar refractivity (Wildman–Crippen MR) is 74.5 cm³/mol. The van der Waals surface area contributed by atoms with E-state index in [0.717, 1.165) is 32.7 Å². The molecule has 0 saturated heterocycles. The zero-order valence-electron chi connectivity index (χ0n) is 12.1. The van der Waals surface area contributed by atoms with Crippen LogP contribution in [0.2, 0.25) is 0 Å². The Morgan fingerprint density at radius 3 is 2.29 bits per heavy atom. The highest BCUT2D eigenvalue weighted by Crippen LogP contribution is 1.92. The summed E-state index contributed by atoms with van der Waals surface area (Å²) in [7, 11) is 4.20. The molecular weight excluding hydrogens is 214 g/mol. The van der Waals surface area contributed by atoms with E-state index in [0.29, 0.717) is 6.54 Å². The Hall–Kier alpha value is -0.160. The Bertz CT molecular complexity index is 161. The first-order chi connectivity index (χ1) is 8.10. The molecule has 0 aliphatic carbocycles. The summed E-state index contributed by atoms with van der Waals surface area (Å²) in [6.45, 7) is 9.91. The van der Waals surface area contributed by atoms with Gasteiger partial charge in [-0.2, -0.15) is 0 Å². The minimum atomic E-state index is -0.247. The van der Waals surface area contributed by atoms with Gasteiger partial charge in [-0.05, 0) is 53.1 Å². The minimum Gasteiger partial charge on any atom is -0.390 e. The number of rotatable bonds is 11. The molecule has 0 heterocycles. The standard InChI is InChI=1S/C13H31N3O/c1-5-16(6-2)12-13(17)11-14-9-7-8-10-15(3)4/h13-14,17H,5-12H2,1-4H3. The molecule has 1 unspecified atom stereocenters. The van der Waals surface area contributed by atoms with Crippen molar-refractivity contribution in [1.82, 2.24) is 15.1 Å². The lowest BCUT2D eigenvalue weighted by Gasteiger charge is -2.22. The number of hydrogen-bond acceptors (Lipinski definition) is 4. The average molecular weight is 245 g/mol. The van der Waals surface area contributed by atoms with Crippen LogP contribution in [-0.4, -0.2) is 74.4 Å². The number of aliphatic hydroxyl groups is 1. The second kappa shape index (κ2) is 11.0. The molecule has 4 nitrogen and oxygen atoms in total. The van der Waals surface area contributed by atoms with Gasteiger partial charge < -0.3 is 20.2 Å². The van der Waals surface area contributed by atoms with Crippen molar-refractivity contribution in [3.05, 3.63) is 0 Å². The van der Waals surface area contributed by atoms with Gasteiger partial charge in [0.25, 0.3) is 0 Å². The molecule has 0 aromatic rings.